The van der Waals surface area contributed by atoms with Crippen LogP contribution >= 0.6 is 0 Å². The normalized spacial score (nSPS) is 15.1. The molecule has 3 rings (SSSR count). The van der Waals surface area contributed by atoms with Gasteiger partial charge in [-0.1, -0.05) is 80.6 Å². The number of hydrogen-bond donors (Lipinski definition) is 3. The largest absolute Gasteiger partial charge is 0.507 e. The number of rotatable bonds is 6. The number of hydrogen-bond acceptors (Lipinski definition) is 3. The molecule has 0 bridgehead atoms. The van der Waals surface area contributed by atoms with Crippen molar-refractivity contribution in [3.63, 3.8) is 0 Å². The van der Waals surface area contributed by atoms with Gasteiger partial charge < -0.3 is 15.9 Å². The first-order valence-corrected chi connectivity index (χ1v) is 9.94. The average Bonchev–Trinajstić information content (AvgIpc) is 2.67. The second-order valence-corrected chi connectivity index (χ2v) is 8.58. The fourth-order valence-corrected chi connectivity index (χ4v) is 4.04. The predicted octanol–water partition coefficient (Wildman–Crippen LogP) is 5.90. The number of aromatic hydroxyl groups is 1. The third kappa shape index (κ3) is 4.85. The van der Waals surface area contributed by atoms with Crippen LogP contribution in [0.15, 0.2) is 72.4 Å². The SMILES string of the molecule is CC(C)(CC(O)(C/C(N)=C/c1ccccc1)C(F)(F)F)c1ccc2ccccc2c1O. The topological polar surface area (TPSA) is 66.5 Å². The summed E-state index contributed by atoms with van der Waals surface area (Å²) in [5.41, 5.74) is 2.55. The first-order valence-electron chi connectivity index (χ1n) is 9.94. The molecule has 0 radical (unpaired) electrons. The van der Waals surface area contributed by atoms with Crippen molar-refractivity contribution in [2.24, 2.45) is 5.73 Å². The van der Waals surface area contributed by atoms with Gasteiger partial charge in [0.2, 0.25) is 0 Å². The first kappa shape index (κ1) is 22.7. The minimum absolute atomic E-state index is 0.0791. The summed E-state index contributed by atoms with van der Waals surface area (Å²) in [4.78, 5) is 0. The van der Waals surface area contributed by atoms with Crippen molar-refractivity contribution >= 4 is 16.8 Å². The maximum atomic E-state index is 14.0. The number of phenols is 1. The maximum Gasteiger partial charge on any atom is 0.417 e. The van der Waals surface area contributed by atoms with E-state index in [-0.39, 0.29) is 11.4 Å². The summed E-state index contributed by atoms with van der Waals surface area (Å²) in [6.07, 6.45) is -4.93. The molecule has 0 aliphatic carbocycles. The zero-order valence-corrected chi connectivity index (χ0v) is 17.4. The summed E-state index contributed by atoms with van der Waals surface area (Å²) in [6.45, 7) is 3.15. The smallest absolute Gasteiger partial charge is 0.417 e. The number of alkyl halides is 3. The van der Waals surface area contributed by atoms with E-state index in [2.05, 4.69) is 0 Å². The minimum Gasteiger partial charge on any atom is -0.507 e. The Labute approximate surface area is 179 Å². The highest BCUT2D eigenvalue weighted by Gasteiger charge is 2.56. The van der Waals surface area contributed by atoms with Gasteiger partial charge in [0.15, 0.2) is 5.60 Å². The molecule has 3 aromatic carbocycles. The molecule has 4 N–H and O–H groups in total. The van der Waals surface area contributed by atoms with E-state index in [4.69, 9.17) is 5.73 Å². The Bertz CT molecular complexity index is 1090. The van der Waals surface area contributed by atoms with Crippen LogP contribution < -0.4 is 5.73 Å². The second-order valence-electron chi connectivity index (χ2n) is 8.58. The van der Waals surface area contributed by atoms with Gasteiger partial charge in [0.25, 0.3) is 0 Å². The zero-order valence-electron chi connectivity index (χ0n) is 17.4. The van der Waals surface area contributed by atoms with Crippen LogP contribution in [-0.2, 0) is 5.41 Å². The molecule has 0 saturated heterocycles. The van der Waals surface area contributed by atoms with Gasteiger partial charge in [0.05, 0.1) is 0 Å². The lowest BCUT2D eigenvalue weighted by Crippen LogP contribution is -2.49. The molecule has 0 saturated carbocycles. The van der Waals surface area contributed by atoms with E-state index in [0.29, 0.717) is 16.5 Å². The number of fused-ring (bicyclic) bond motifs is 1. The lowest BCUT2D eigenvalue weighted by atomic mass is 9.72. The quantitative estimate of drug-likeness (QED) is 0.457. The van der Waals surface area contributed by atoms with Gasteiger partial charge in [-0.3, -0.25) is 0 Å². The van der Waals surface area contributed by atoms with Crippen LogP contribution in [0.25, 0.3) is 16.8 Å². The third-order valence-corrected chi connectivity index (χ3v) is 5.54. The zero-order chi connectivity index (χ0) is 22.9. The molecule has 0 aromatic heterocycles. The van der Waals surface area contributed by atoms with Crippen LogP contribution in [0.1, 0.15) is 37.8 Å². The standard InChI is InChI=1S/C25H26F3NO2/c1-23(2,21-13-12-18-10-6-7-11-20(18)22(21)30)16-24(31,25(26,27)28)15-19(29)14-17-8-4-3-5-9-17/h3-14,30-31H,15-16,29H2,1-2H3/b19-14-. The monoisotopic (exact) mass is 429 g/mol. The Morgan fingerprint density at radius 2 is 1.55 bits per heavy atom. The number of phenolic OH excluding ortho intramolecular Hbond substituents is 1. The molecule has 0 spiro atoms. The van der Waals surface area contributed by atoms with Crippen LogP contribution in [0.5, 0.6) is 5.75 Å². The van der Waals surface area contributed by atoms with E-state index in [1.165, 1.54) is 6.08 Å². The van der Waals surface area contributed by atoms with Crippen LogP contribution in [0, 0.1) is 0 Å². The van der Waals surface area contributed by atoms with E-state index >= 15 is 0 Å². The van der Waals surface area contributed by atoms with Crippen molar-refractivity contribution in [1.29, 1.82) is 0 Å². The maximum absolute atomic E-state index is 14.0. The highest BCUT2D eigenvalue weighted by molar-refractivity contribution is 5.89. The molecule has 0 aliphatic heterocycles. The average molecular weight is 429 g/mol. The molecule has 0 aliphatic rings. The Morgan fingerprint density at radius 3 is 2.19 bits per heavy atom. The third-order valence-electron chi connectivity index (χ3n) is 5.54. The van der Waals surface area contributed by atoms with Crippen molar-refractivity contribution in [3.8, 4) is 5.75 Å². The molecule has 0 fully saturated rings. The van der Waals surface area contributed by atoms with Gasteiger partial charge in [0, 0.05) is 23.1 Å². The Balaban J connectivity index is 1.96. The molecular formula is C25H26F3NO2. The molecule has 0 heterocycles. The first-order chi connectivity index (χ1) is 14.4. The van der Waals surface area contributed by atoms with E-state index in [0.717, 1.165) is 5.39 Å². The van der Waals surface area contributed by atoms with E-state index < -0.39 is 30.0 Å². The van der Waals surface area contributed by atoms with E-state index in [1.54, 1.807) is 68.4 Å². The second kappa shape index (κ2) is 8.27. The number of aliphatic hydroxyl groups is 1. The summed E-state index contributed by atoms with van der Waals surface area (Å²) in [7, 11) is 0. The highest BCUT2D eigenvalue weighted by Crippen LogP contribution is 2.46. The van der Waals surface area contributed by atoms with Crippen molar-refractivity contribution in [2.75, 3.05) is 0 Å². The molecule has 3 aromatic rings. The summed E-state index contributed by atoms with van der Waals surface area (Å²) < 4.78 is 42.0. The molecule has 1 atom stereocenters. The number of benzene rings is 3. The predicted molar refractivity (Wildman–Crippen MR) is 117 cm³/mol. The molecule has 6 heteroatoms. The summed E-state index contributed by atoms with van der Waals surface area (Å²) in [5, 5.41) is 22.9. The molecule has 0 amide bonds. The molecule has 164 valence electrons. The fraction of sp³-hybridized carbons (Fsp3) is 0.280. The van der Waals surface area contributed by atoms with E-state index in [1.807, 2.05) is 12.1 Å². The molecule has 3 nitrogen and oxygen atoms in total. The van der Waals surface area contributed by atoms with Crippen LogP contribution in [0.3, 0.4) is 0 Å². The lowest BCUT2D eigenvalue weighted by molar-refractivity contribution is -0.266. The van der Waals surface area contributed by atoms with Gasteiger partial charge in [-0.2, -0.15) is 13.2 Å². The molecule has 31 heavy (non-hydrogen) atoms. The Morgan fingerprint density at radius 1 is 0.935 bits per heavy atom. The Kier molecular flexibility index (Phi) is 6.05. The van der Waals surface area contributed by atoms with Crippen molar-refractivity contribution in [3.05, 3.63) is 83.6 Å². The van der Waals surface area contributed by atoms with Crippen LogP contribution in [0.2, 0.25) is 0 Å². The minimum atomic E-state index is -4.91. The van der Waals surface area contributed by atoms with Gasteiger partial charge in [-0.05, 0) is 28.9 Å². The summed E-state index contributed by atoms with van der Waals surface area (Å²) in [5.74, 6) is -0.0829. The van der Waals surface area contributed by atoms with Crippen LogP contribution in [0.4, 0.5) is 13.2 Å². The lowest BCUT2D eigenvalue weighted by Gasteiger charge is -2.38. The molecule has 1 unspecified atom stereocenters. The number of halogens is 3. The van der Waals surface area contributed by atoms with Crippen molar-refractivity contribution in [1.82, 2.24) is 0 Å². The fourth-order valence-electron chi connectivity index (χ4n) is 4.04. The van der Waals surface area contributed by atoms with Crippen LogP contribution in [-0.4, -0.2) is 22.0 Å². The van der Waals surface area contributed by atoms with Gasteiger partial charge in [0.1, 0.15) is 5.75 Å². The molecular weight excluding hydrogens is 403 g/mol. The van der Waals surface area contributed by atoms with Crippen molar-refractivity contribution in [2.45, 2.75) is 43.9 Å². The number of nitrogens with two attached hydrogens (primary N) is 1. The summed E-state index contributed by atoms with van der Waals surface area (Å²) >= 11 is 0. The highest BCUT2D eigenvalue weighted by atomic mass is 19.4. The van der Waals surface area contributed by atoms with Gasteiger partial charge in [-0.15, -0.1) is 0 Å². The van der Waals surface area contributed by atoms with Gasteiger partial charge >= 0.3 is 6.18 Å². The van der Waals surface area contributed by atoms with Gasteiger partial charge in [-0.25, -0.2) is 0 Å². The van der Waals surface area contributed by atoms with Crippen molar-refractivity contribution < 1.29 is 23.4 Å². The van der Waals surface area contributed by atoms with E-state index in [9.17, 15) is 23.4 Å². The summed E-state index contributed by atoms with van der Waals surface area (Å²) in [6, 6.07) is 19.2. The Hall–Kier alpha value is -2.99.